The number of carboxylic acids is 1. The smallest absolute Gasteiger partial charge is 0.335 e. The van der Waals surface area contributed by atoms with E-state index in [-0.39, 0.29) is 0 Å². The fourth-order valence-corrected chi connectivity index (χ4v) is 3.53. The summed E-state index contributed by atoms with van der Waals surface area (Å²) in [6, 6.07) is 9.51. The first kappa shape index (κ1) is 12.2. The van der Waals surface area contributed by atoms with Crippen LogP contribution in [0.5, 0.6) is 0 Å². The van der Waals surface area contributed by atoms with Crippen LogP contribution in [0.15, 0.2) is 35.7 Å². The summed E-state index contributed by atoms with van der Waals surface area (Å²) in [4.78, 5) is 12.3. The number of nitrogens with one attached hydrogen (secondary N) is 1. The summed E-state index contributed by atoms with van der Waals surface area (Å²) in [7, 11) is 0. The Labute approximate surface area is 115 Å². The van der Waals surface area contributed by atoms with Gasteiger partial charge < -0.3 is 10.4 Å². The van der Waals surface area contributed by atoms with Crippen molar-refractivity contribution in [3.63, 3.8) is 0 Å². The van der Waals surface area contributed by atoms with Gasteiger partial charge in [-0.15, -0.1) is 11.3 Å². The minimum atomic E-state index is -0.885. The molecular formula is C15H15NO2S. The van der Waals surface area contributed by atoms with E-state index < -0.39 is 5.97 Å². The Bertz CT molecular complexity index is 588. The van der Waals surface area contributed by atoms with Crippen molar-refractivity contribution in [1.82, 2.24) is 0 Å². The molecular weight excluding hydrogens is 258 g/mol. The third-order valence-electron chi connectivity index (χ3n) is 3.52. The molecule has 0 fully saturated rings. The molecule has 1 unspecified atom stereocenters. The maximum atomic E-state index is 10.8. The number of thiophene rings is 1. The summed E-state index contributed by atoms with van der Waals surface area (Å²) in [6.45, 7) is 0. The molecule has 0 amide bonds. The van der Waals surface area contributed by atoms with E-state index in [9.17, 15) is 4.79 Å². The molecule has 98 valence electrons. The lowest BCUT2D eigenvalue weighted by atomic mass is 9.94. The minimum absolute atomic E-state index is 0.324. The van der Waals surface area contributed by atoms with Gasteiger partial charge >= 0.3 is 5.97 Å². The van der Waals surface area contributed by atoms with Crippen molar-refractivity contribution >= 4 is 23.0 Å². The minimum Gasteiger partial charge on any atom is -0.478 e. The topological polar surface area (TPSA) is 49.3 Å². The van der Waals surface area contributed by atoms with Gasteiger partial charge in [-0.2, -0.15) is 0 Å². The highest BCUT2D eigenvalue weighted by atomic mass is 32.1. The molecule has 3 rings (SSSR count). The quantitative estimate of drug-likeness (QED) is 0.890. The molecule has 19 heavy (non-hydrogen) atoms. The van der Waals surface area contributed by atoms with Crippen LogP contribution in [0, 0.1) is 0 Å². The molecule has 0 spiro atoms. The van der Waals surface area contributed by atoms with E-state index in [1.807, 2.05) is 23.5 Å². The van der Waals surface area contributed by atoms with Gasteiger partial charge in [-0.3, -0.25) is 0 Å². The van der Waals surface area contributed by atoms with E-state index >= 15 is 0 Å². The van der Waals surface area contributed by atoms with Gasteiger partial charge in [-0.25, -0.2) is 4.79 Å². The molecule has 2 aromatic rings. The predicted octanol–water partition coefficient (Wildman–Crippen LogP) is 3.94. The molecule has 0 radical (unpaired) electrons. The number of anilines is 1. The van der Waals surface area contributed by atoms with Crippen molar-refractivity contribution < 1.29 is 9.90 Å². The van der Waals surface area contributed by atoms with Crippen LogP contribution >= 0.6 is 11.3 Å². The highest BCUT2D eigenvalue weighted by Gasteiger charge is 2.20. The van der Waals surface area contributed by atoms with E-state index in [4.69, 9.17) is 5.11 Å². The van der Waals surface area contributed by atoms with Crippen molar-refractivity contribution in [2.75, 3.05) is 5.32 Å². The zero-order valence-electron chi connectivity index (χ0n) is 10.4. The third kappa shape index (κ3) is 2.49. The Morgan fingerprint density at radius 1 is 1.26 bits per heavy atom. The normalized spacial score (nSPS) is 17.8. The number of carbonyl (C=O) groups is 1. The van der Waals surface area contributed by atoms with Crippen LogP contribution in [-0.4, -0.2) is 11.1 Å². The van der Waals surface area contributed by atoms with E-state index in [0.29, 0.717) is 11.6 Å². The van der Waals surface area contributed by atoms with Crippen LogP contribution in [-0.2, 0) is 6.42 Å². The molecule has 1 aromatic heterocycles. The third-order valence-corrected chi connectivity index (χ3v) is 4.52. The molecule has 1 heterocycles. The average Bonchev–Trinajstić information content (AvgIpc) is 2.89. The number of fused-ring (bicyclic) bond motifs is 1. The van der Waals surface area contributed by atoms with Gasteiger partial charge in [0.2, 0.25) is 0 Å². The first-order valence-electron chi connectivity index (χ1n) is 6.40. The Hall–Kier alpha value is -1.81. The second kappa shape index (κ2) is 5.05. The van der Waals surface area contributed by atoms with E-state index in [2.05, 4.69) is 16.8 Å². The van der Waals surface area contributed by atoms with Crippen LogP contribution in [0.25, 0.3) is 0 Å². The Morgan fingerprint density at radius 3 is 2.79 bits per heavy atom. The Kier molecular flexibility index (Phi) is 3.25. The van der Waals surface area contributed by atoms with Gasteiger partial charge in [-0.1, -0.05) is 0 Å². The maximum Gasteiger partial charge on any atom is 0.335 e. The van der Waals surface area contributed by atoms with E-state index in [1.165, 1.54) is 23.3 Å². The monoisotopic (exact) mass is 273 g/mol. The highest BCUT2D eigenvalue weighted by molar-refractivity contribution is 7.10. The number of aryl methyl sites for hydroxylation is 1. The van der Waals surface area contributed by atoms with Crippen LogP contribution in [0.2, 0.25) is 0 Å². The standard InChI is InChI=1S/C15H15NO2S/c17-15(18)10-4-6-11(7-5-10)16-13-2-1-3-14-12(13)8-9-19-14/h4-9,13,16H,1-3H2,(H,17,18). The first-order valence-corrected chi connectivity index (χ1v) is 7.28. The van der Waals surface area contributed by atoms with Crippen molar-refractivity contribution in [3.05, 3.63) is 51.7 Å². The van der Waals surface area contributed by atoms with Gasteiger partial charge in [0, 0.05) is 10.6 Å². The largest absolute Gasteiger partial charge is 0.478 e. The van der Waals surface area contributed by atoms with Crippen molar-refractivity contribution in [2.45, 2.75) is 25.3 Å². The molecule has 2 N–H and O–H groups in total. The van der Waals surface area contributed by atoms with Gasteiger partial charge in [0.05, 0.1) is 11.6 Å². The fourth-order valence-electron chi connectivity index (χ4n) is 2.55. The number of benzene rings is 1. The number of rotatable bonds is 3. The zero-order chi connectivity index (χ0) is 13.2. The number of hydrogen-bond donors (Lipinski definition) is 2. The number of carboxylic acid groups (broad SMARTS) is 1. The first-order chi connectivity index (χ1) is 9.24. The second-order valence-electron chi connectivity index (χ2n) is 4.77. The summed E-state index contributed by atoms with van der Waals surface area (Å²) in [5, 5.41) is 14.5. The van der Waals surface area contributed by atoms with Crippen molar-refractivity contribution in [3.8, 4) is 0 Å². The average molecular weight is 273 g/mol. The van der Waals surface area contributed by atoms with Crippen LogP contribution < -0.4 is 5.32 Å². The summed E-state index contributed by atoms with van der Waals surface area (Å²) in [5.74, 6) is -0.885. The number of hydrogen-bond acceptors (Lipinski definition) is 3. The highest BCUT2D eigenvalue weighted by Crippen LogP contribution is 2.35. The van der Waals surface area contributed by atoms with Crippen molar-refractivity contribution in [2.24, 2.45) is 0 Å². The number of aromatic carboxylic acids is 1. The Balaban J connectivity index is 1.78. The lowest BCUT2D eigenvalue weighted by molar-refractivity contribution is 0.0697. The molecule has 1 aromatic carbocycles. The van der Waals surface area contributed by atoms with E-state index in [0.717, 1.165) is 12.1 Å². The predicted molar refractivity (Wildman–Crippen MR) is 77.0 cm³/mol. The lowest BCUT2D eigenvalue weighted by Crippen LogP contribution is -2.15. The summed E-state index contributed by atoms with van der Waals surface area (Å²) in [6.07, 6.45) is 3.52. The molecule has 1 atom stereocenters. The molecule has 4 heteroatoms. The molecule has 1 aliphatic rings. The molecule has 3 nitrogen and oxygen atoms in total. The summed E-state index contributed by atoms with van der Waals surface area (Å²) < 4.78 is 0. The lowest BCUT2D eigenvalue weighted by Gasteiger charge is -2.24. The summed E-state index contributed by atoms with van der Waals surface area (Å²) in [5.41, 5.74) is 2.71. The molecule has 0 bridgehead atoms. The molecule has 0 saturated heterocycles. The van der Waals surface area contributed by atoms with Crippen molar-refractivity contribution in [1.29, 1.82) is 0 Å². The molecule has 1 aliphatic carbocycles. The second-order valence-corrected chi connectivity index (χ2v) is 5.77. The van der Waals surface area contributed by atoms with Gasteiger partial charge in [-0.05, 0) is 60.5 Å². The van der Waals surface area contributed by atoms with Gasteiger partial charge in [0.1, 0.15) is 0 Å². The van der Waals surface area contributed by atoms with E-state index in [1.54, 1.807) is 12.1 Å². The van der Waals surface area contributed by atoms with Crippen LogP contribution in [0.3, 0.4) is 0 Å². The van der Waals surface area contributed by atoms with Gasteiger partial charge in [0.15, 0.2) is 0 Å². The Morgan fingerprint density at radius 2 is 2.05 bits per heavy atom. The molecule has 0 saturated carbocycles. The fraction of sp³-hybridized carbons (Fsp3) is 0.267. The zero-order valence-corrected chi connectivity index (χ0v) is 11.2. The maximum absolute atomic E-state index is 10.8. The summed E-state index contributed by atoms with van der Waals surface area (Å²) >= 11 is 1.83. The van der Waals surface area contributed by atoms with Crippen LogP contribution in [0.1, 0.15) is 39.7 Å². The SMILES string of the molecule is O=C(O)c1ccc(NC2CCCc3sccc32)cc1. The molecule has 0 aliphatic heterocycles. The van der Waals surface area contributed by atoms with Crippen LogP contribution in [0.4, 0.5) is 5.69 Å². The van der Waals surface area contributed by atoms with Gasteiger partial charge in [0.25, 0.3) is 0 Å².